The fourth-order valence-electron chi connectivity index (χ4n) is 2.60. The summed E-state index contributed by atoms with van der Waals surface area (Å²) in [6.07, 6.45) is -0.0237. The molecule has 0 radical (unpaired) electrons. The highest BCUT2D eigenvalue weighted by Gasteiger charge is 2.19. The molecule has 6 nitrogen and oxygen atoms in total. The number of hydrogen-bond donors (Lipinski definition) is 1. The van der Waals surface area contributed by atoms with Crippen LogP contribution < -0.4 is 10.1 Å². The molecule has 0 aliphatic carbocycles. The Morgan fingerprint density at radius 2 is 1.93 bits per heavy atom. The highest BCUT2D eigenvalue weighted by molar-refractivity contribution is 5.81. The molecule has 0 aliphatic heterocycles. The zero-order valence-corrected chi connectivity index (χ0v) is 15.7. The van der Waals surface area contributed by atoms with E-state index >= 15 is 0 Å². The summed E-state index contributed by atoms with van der Waals surface area (Å²) in [4.78, 5) is 16.8. The quantitative estimate of drug-likeness (QED) is 0.688. The maximum absolute atomic E-state index is 12.4. The summed E-state index contributed by atoms with van der Waals surface area (Å²) in [5, 5.41) is 6.77. The van der Waals surface area contributed by atoms with Crippen molar-refractivity contribution >= 4 is 5.91 Å². The van der Waals surface area contributed by atoms with Gasteiger partial charge in [0.1, 0.15) is 5.75 Å². The van der Waals surface area contributed by atoms with Gasteiger partial charge in [0.15, 0.2) is 6.10 Å². The standard InChI is InChI=1S/C21H23N3O3/c1-4-18(26-17-7-5-6-15(3)12-17)21(25)22-13-19-23-20(24-27-19)16-10-8-14(2)9-11-16/h5-12,18H,4,13H2,1-3H3,(H,22,25). The van der Waals surface area contributed by atoms with Crippen molar-refractivity contribution in [2.24, 2.45) is 0 Å². The van der Waals surface area contributed by atoms with E-state index in [-0.39, 0.29) is 12.5 Å². The summed E-state index contributed by atoms with van der Waals surface area (Å²) in [6.45, 7) is 6.06. The van der Waals surface area contributed by atoms with E-state index in [0.29, 0.717) is 23.9 Å². The SMILES string of the molecule is CCC(Oc1cccc(C)c1)C(=O)NCc1nc(-c2ccc(C)cc2)no1. The molecular formula is C21H23N3O3. The van der Waals surface area contributed by atoms with Crippen LogP contribution in [0.3, 0.4) is 0 Å². The van der Waals surface area contributed by atoms with Crippen molar-refractivity contribution in [1.82, 2.24) is 15.5 Å². The van der Waals surface area contributed by atoms with Crippen LogP contribution in [0.2, 0.25) is 0 Å². The Kier molecular flexibility index (Phi) is 5.86. The number of amides is 1. The lowest BCUT2D eigenvalue weighted by atomic mass is 10.1. The number of aromatic nitrogens is 2. The molecular weight excluding hydrogens is 342 g/mol. The smallest absolute Gasteiger partial charge is 0.261 e. The van der Waals surface area contributed by atoms with E-state index in [1.165, 1.54) is 0 Å². The minimum atomic E-state index is -0.578. The fourth-order valence-corrected chi connectivity index (χ4v) is 2.60. The van der Waals surface area contributed by atoms with Crippen LogP contribution in [0.5, 0.6) is 5.75 Å². The molecule has 0 aliphatic rings. The van der Waals surface area contributed by atoms with Crippen molar-refractivity contribution in [3.8, 4) is 17.1 Å². The van der Waals surface area contributed by atoms with Crippen LogP contribution in [0.4, 0.5) is 0 Å². The summed E-state index contributed by atoms with van der Waals surface area (Å²) in [6, 6.07) is 15.5. The van der Waals surface area contributed by atoms with Gasteiger partial charge in [0.2, 0.25) is 11.7 Å². The minimum Gasteiger partial charge on any atom is -0.481 e. The summed E-state index contributed by atoms with van der Waals surface area (Å²) >= 11 is 0. The first-order chi connectivity index (χ1) is 13.0. The zero-order valence-electron chi connectivity index (χ0n) is 15.7. The van der Waals surface area contributed by atoms with Crippen LogP contribution in [0, 0.1) is 13.8 Å². The average Bonchev–Trinajstić information content (AvgIpc) is 3.14. The molecule has 3 rings (SSSR count). The number of rotatable bonds is 7. The second-order valence-corrected chi connectivity index (χ2v) is 6.43. The second-order valence-electron chi connectivity index (χ2n) is 6.43. The van der Waals surface area contributed by atoms with Crippen LogP contribution in [0.1, 0.15) is 30.4 Å². The summed E-state index contributed by atoms with van der Waals surface area (Å²) < 4.78 is 11.0. The number of aryl methyl sites for hydroxylation is 2. The molecule has 1 unspecified atom stereocenters. The van der Waals surface area contributed by atoms with Crippen molar-refractivity contribution in [2.75, 3.05) is 0 Å². The van der Waals surface area contributed by atoms with Crippen LogP contribution in [0.15, 0.2) is 53.1 Å². The predicted molar refractivity (Wildman–Crippen MR) is 102 cm³/mol. The highest BCUT2D eigenvalue weighted by atomic mass is 16.5. The van der Waals surface area contributed by atoms with E-state index in [4.69, 9.17) is 9.26 Å². The Hall–Kier alpha value is -3.15. The molecule has 6 heteroatoms. The van der Waals surface area contributed by atoms with E-state index in [9.17, 15) is 4.79 Å². The molecule has 0 fully saturated rings. The number of carbonyl (C=O) groups is 1. The number of benzene rings is 2. The lowest BCUT2D eigenvalue weighted by molar-refractivity contribution is -0.128. The van der Waals surface area contributed by atoms with Gasteiger partial charge in [-0.25, -0.2) is 0 Å². The van der Waals surface area contributed by atoms with Gasteiger partial charge in [-0.2, -0.15) is 4.98 Å². The van der Waals surface area contributed by atoms with Gasteiger partial charge in [-0.05, 0) is 38.0 Å². The number of carbonyl (C=O) groups excluding carboxylic acids is 1. The van der Waals surface area contributed by atoms with Crippen molar-refractivity contribution in [3.63, 3.8) is 0 Å². The Morgan fingerprint density at radius 3 is 2.63 bits per heavy atom. The Balaban J connectivity index is 1.58. The van der Waals surface area contributed by atoms with Crippen LogP contribution >= 0.6 is 0 Å². The molecule has 140 valence electrons. The molecule has 1 atom stereocenters. The van der Waals surface area contributed by atoms with Gasteiger partial charge in [-0.1, -0.05) is 54.0 Å². The van der Waals surface area contributed by atoms with Crippen LogP contribution in [0.25, 0.3) is 11.4 Å². The van der Waals surface area contributed by atoms with Gasteiger partial charge in [0.25, 0.3) is 5.91 Å². The van der Waals surface area contributed by atoms with Gasteiger partial charge in [-0.3, -0.25) is 4.79 Å². The molecule has 0 saturated carbocycles. The lowest BCUT2D eigenvalue weighted by Gasteiger charge is -2.17. The zero-order chi connectivity index (χ0) is 19.2. The molecule has 1 heterocycles. The maximum atomic E-state index is 12.4. The van der Waals surface area contributed by atoms with Crippen molar-refractivity contribution in [1.29, 1.82) is 0 Å². The number of hydrogen-bond acceptors (Lipinski definition) is 5. The van der Waals surface area contributed by atoms with E-state index in [1.807, 2.05) is 69.3 Å². The molecule has 0 bridgehead atoms. The molecule has 3 aromatic rings. The molecule has 1 N–H and O–H groups in total. The predicted octanol–water partition coefficient (Wildman–Crippen LogP) is 3.83. The Labute approximate surface area is 158 Å². The Bertz CT molecular complexity index is 903. The fraction of sp³-hybridized carbons (Fsp3) is 0.286. The first kappa shape index (κ1) is 18.6. The van der Waals surface area contributed by atoms with Gasteiger partial charge in [0, 0.05) is 5.56 Å². The van der Waals surface area contributed by atoms with Crippen molar-refractivity contribution in [3.05, 3.63) is 65.5 Å². The first-order valence-electron chi connectivity index (χ1n) is 8.96. The highest BCUT2D eigenvalue weighted by Crippen LogP contribution is 2.17. The normalized spacial score (nSPS) is 11.8. The van der Waals surface area contributed by atoms with Gasteiger partial charge < -0.3 is 14.6 Å². The first-order valence-corrected chi connectivity index (χ1v) is 8.96. The molecule has 1 amide bonds. The summed E-state index contributed by atoms with van der Waals surface area (Å²) in [5.74, 6) is 1.32. The van der Waals surface area contributed by atoms with E-state index < -0.39 is 6.10 Å². The third-order valence-corrected chi connectivity index (χ3v) is 4.12. The largest absolute Gasteiger partial charge is 0.481 e. The van der Waals surface area contributed by atoms with E-state index in [0.717, 1.165) is 16.7 Å². The topological polar surface area (TPSA) is 77.2 Å². The Morgan fingerprint density at radius 1 is 1.15 bits per heavy atom. The number of nitrogens with one attached hydrogen (secondary N) is 1. The van der Waals surface area contributed by atoms with E-state index in [1.54, 1.807) is 0 Å². The average molecular weight is 365 g/mol. The van der Waals surface area contributed by atoms with Crippen molar-refractivity contribution in [2.45, 2.75) is 39.8 Å². The van der Waals surface area contributed by atoms with Gasteiger partial charge >= 0.3 is 0 Å². The molecule has 0 spiro atoms. The third-order valence-electron chi connectivity index (χ3n) is 4.12. The monoisotopic (exact) mass is 365 g/mol. The van der Waals surface area contributed by atoms with Gasteiger partial charge in [-0.15, -0.1) is 0 Å². The van der Waals surface area contributed by atoms with Gasteiger partial charge in [0.05, 0.1) is 6.54 Å². The second kappa shape index (κ2) is 8.49. The minimum absolute atomic E-state index is 0.158. The molecule has 2 aromatic carbocycles. The third kappa shape index (κ3) is 4.94. The molecule has 1 aromatic heterocycles. The molecule has 0 saturated heterocycles. The summed E-state index contributed by atoms with van der Waals surface area (Å²) in [5.41, 5.74) is 3.11. The molecule has 27 heavy (non-hydrogen) atoms. The van der Waals surface area contributed by atoms with Crippen LogP contribution in [-0.4, -0.2) is 22.2 Å². The maximum Gasteiger partial charge on any atom is 0.261 e. The summed E-state index contributed by atoms with van der Waals surface area (Å²) in [7, 11) is 0. The number of ether oxygens (including phenoxy) is 1. The number of nitrogens with zero attached hydrogens (tertiary/aromatic N) is 2. The van der Waals surface area contributed by atoms with E-state index in [2.05, 4.69) is 15.5 Å². The van der Waals surface area contributed by atoms with Crippen LogP contribution in [-0.2, 0) is 11.3 Å². The lowest BCUT2D eigenvalue weighted by Crippen LogP contribution is -2.37. The van der Waals surface area contributed by atoms with Crippen molar-refractivity contribution < 1.29 is 14.1 Å².